The zero-order chi connectivity index (χ0) is 51.5. The van der Waals surface area contributed by atoms with Crippen LogP contribution in [-0.4, -0.2) is 158 Å². The number of carbonyl (C=O) groups is 2. The predicted octanol–water partition coefficient (Wildman–Crippen LogP) is 5.76. The summed E-state index contributed by atoms with van der Waals surface area (Å²) >= 11 is 1.59. The van der Waals surface area contributed by atoms with Crippen LogP contribution in [0.25, 0.3) is 21.7 Å². The number of nitrogens with zero attached hydrogens (tertiary/aromatic N) is 10. The molecule has 20 heteroatoms. The molecule has 2 amide bonds. The van der Waals surface area contributed by atoms with Crippen molar-refractivity contribution in [1.29, 1.82) is 0 Å². The Morgan fingerprint density at radius 3 is 2.26 bits per heavy atom. The average Bonchev–Trinajstić information content (AvgIpc) is 4.20. The van der Waals surface area contributed by atoms with E-state index in [2.05, 4.69) is 62.4 Å². The van der Waals surface area contributed by atoms with Gasteiger partial charge in [-0.3, -0.25) is 19.4 Å². The molecule has 10 rings (SSSR count). The Hall–Kier alpha value is -6.87. The normalized spacial score (nSPS) is 21.0. The molecule has 2 unspecified atom stereocenters. The first-order valence-corrected chi connectivity index (χ1v) is 26.6. The number of hydrogen-bond acceptors (Lipinski definition) is 18. The first-order chi connectivity index (χ1) is 35.9. The number of fused-ring (bicyclic) bond motifs is 2. The summed E-state index contributed by atoms with van der Waals surface area (Å²) in [4.78, 5) is 49.0. The van der Waals surface area contributed by atoms with Gasteiger partial charge in [-0.05, 0) is 73.2 Å². The topological polar surface area (TPSA) is 225 Å². The van der Waals surface area contributed by atoms with Crippen LogP contribution in [-0.2, 0) is 9.59 Å². The molecule has 4 aliphatic heterocycles. The average molecular weight is 1030 g/mol. The maximum Gasteiger partial charge on any atom is 0.254 e. The lowest BCUT2D eigenvalue weighted by molar-refractivity contribution is -0.141. The highest BCUT2D eigenvalue weighted by Gasteiger charge is 2.44. The minimum Gasteiger partial charge on any atom is -0.507 e. The third-order valence-corrected chi connectivity index (χ3v) is 16.0. The van der Waals surface area contributed by atoms with Gasteiger partial charge in [0.15, 0.2) is 11.6 Å². The van der Waals surface area contributed by atoms with Gasteiger partial charge in [0.05, 0.1) is 39.6 Å². The fourth-order valence-corrected chi connectivity index (χ4v) is 11.8. The number of ether oxygens (including phenoxy) is 2. The Labute approximate surface area is 435 Å². The third-order valence-electron chi connectivity index (χ3n) is 15.0. The van der Waals surface area contributed by atoms with Crippen molar-refractivity contribution in [3.63, 3.8) is 0 Å². The standard InChI is InChI=1S/C54H66N12O7S/c1-33(2)50(54(70)65-31-41(67)26-45(65)53(69)58-34(3)36-9-11-37(12-10-36)51-35(4)57-32-74-51)47-28-49(61-73-47)72-24-22-63-19-17-62(18-20-63)21-23-71-48-25-38(15-16-56-48)66-39-13-14-40(66)30-64(29-39)44-27-43(59-60-52(44)55)42-7-5-6-8-46(42)68/h5-12,15-16,25,27-28,32-34,39-41,45,50,67-68H,13-14,17-24,26,29-31H2,1-4H3,(H2,55,60)(H,58,69)/t34-,39?,40?,41+,45-,50-/m0/s1. The number of amides is 2. The van der Waals surface area contributed by atoms with Gasteiger partial charge in [0, 0.05) is 107 Å². The summed E-state index contributed by atoms with van der Waals surface area (Å²) < 4.78 is 18.0. The van der Waals surface area contributed by atoms with Crippen molar-refractivity contribution in [2.75, 3.05) is 87.7 Å². The van der Waals surface area contributed by atoms with Crippen LogP contribution in [0.15, 0.2) is 89.0 Å². The van der Waals surface area contributed by atoms with Gasteiger partial charge >= 0.3 is 0 Å². The molecule has 4 saturated heterocycles. The number of hydrogen-bond donors (Lipinski definition) is 4. The van der Waals surface area contributed by atoms with Gasteiger partial charge < -0.3 is 50.0 Å². The zero-order valence-electron chi connectivity index (χ0n) is 42.4. The lowest BCUT2D eigenvalue weighted by Crippen LogP contribution is -2.54. The Kier molecular flexibility index (Phi) is 15.3. The molecule has 0 saturated carbocycles. The highest BCUT2D eigenvalue weighted by molar-refractivity contribution is 7.13. The van der Waals surface area contributed by atoms with Crippen molar-refractivity contribution < 1.29 is 33.8 Å². The molecule has 390 valence electrons. The summed E-state index contributed by atoms with van der Waals surface area (Å²) in [6.45, 7) is 15.3. The number of thiazole rings is 1. The van der Waals surface area contributed by atoms with Crippen LogP contribution >= 0.6 is 11.3 Å². The highest BCUT2D eigenvalue weighted by Crippen LogP contribution is 2.40. The van der Waals surface area contributed by atoms with Crippen molar-refractivity contribution in [3.05, 3.63) is 102 Å². The van der Waals surface area contributed by atoms with Crippen LogP contribution in [0.1, 0.15) is 69.0 Å². The number of aromatic hydroxyl groups is 1. The Bertz CT molecular complexity index is 2880. The number of rotatable bonds is 18. The second-order valence-corrected chi connectivity index (χ2v) is 21.1. The van der Waals surface area contributed by atoms with Gasteiger partial charge in [0.25, 0.3) is 5.88 Å². The number of β-amino-alcohol motifs (C(OH)–C–C–N with tert-alkyl or cyclic N) is 1. The molecule has 8 heterocycles. The molecule has 19 nitrogen and oxygen atoms in total. The number of anilines is 3. The van der Waals surface area contributed by atoms with Gasteiger partial charge in [-0.2, -0.15) is 0 Å². The second kappa shape index (κ2) is 22.3. The lowest BCUT2D eigenvalue weighted by Gasteiger charge is -2.43. The number of likely N-dealkylation sites (tertiary alicyclic amines) is 1. The number of aliphatic hydroxyl groups excluding tert-OH is 1. The number of phenolic OH excluding ortho intramolecular Hbond substituents is 1. The number of benzene rings is 2. The van der Waals surface area contributed by atoms with Crippen LogP contribution in [0.4, 0.5) is 17.2 Å². The number of nitrogens with two attached hydrogens (primary N) is 1. The van der Waals surface area contributed by atoms with Crippen LogP contribution in [0, 0.1) is 12.8 Å². The molecule has 74 heavy (non-hydrogen) atoms. The molecule has 4 aliphatic rings. The largest absolute Gasteiger partial charge is 0.507 e. The van der Waals surface area contributed by atoms with E-state index in [4.69, 9.17) is 19.7 Å². The van der Waals surface area contributed by atoms with Crippen molar-refractivity contribution in [1.82, 2.24) is 45.3 Å². The molecular formula is C54H66N12O7S. The Morgan fingerprint density at radius 1 is 0.878 bits per heavy atom. The van der Waals surface area contributed by atoms with E-state index >= 15 is 0 Å². The van der Waals surface area contributed by atoms with E-state index in [0.717, 1.165) is 91.7 Å². The number of para-hydroxylation sites is 1. The number of pyridine rings is 1. The second-order valence-electron chi connectivity index (χ2n) is 20.3. The summed E-state index contributed by atoms with van der Waals surface area (Å²) in [5, 5.41) is 37.0. The smallest absolute Gasteiger partial charge is 0.254 e. The SMILES string of the molecule is Cc1ncsc1-c1ccc([C@H](C)NC(=O)[C@@H]2C[C@@H](O)CN2C(=O)[C@H](c2cc(OCCN3CCN(CCOc4cc(N5C6CCC5CN(c5cc(-c7ccccc7O)nnc5N)C6)ccn4)CC3)no2)C(C)C)cc1. The summed E-state index contributed by atoms with van der Waals surface area (Å²) in [6.07, 6.45) is 3.28. The molecule has 0 radical (unpaired) electrons. The number of aliphatic hydroxyl groups is 1. The third kappa shape index (κ3) is 11.1. The number of nitrogen functional groups attached to an aromatic ring is 1. The Morgan fingerprint density at radius 2 is 1.58 bits per heavy atom. The summed E-state index contributed by atoms with van der Waals surface area (Å²) in [6, 6.07) is 22.3. The lowest BCUT2D eigenvalue weighted by atomic mass is 9.91. The quantitative estimate of drug-likeness (QED) is 0.0803. The summed E-state index contributed by atoms with van der Waals surface area (Å²) in [5.74, 6) is 0.300. The van der Waals surface area contributed by atoms with Crippen molar-refractivity contribution in [2.24, 2.45) is 5.92 Å². The zero-order valence-corrected chi connectivity index (χ0v) is 43.2. The summed E-state index contributed by atoms with van der Waals surface area (Å²) in [5.41, 5.74) is 14.3. The monoisotopic (exact) mass is 1030 g/mol. The van der Waals surface area contributed by atoms with Crippen molar-refractivity contribution in [3.8, 4) is 39.2 Å². The van der Waals surface area contributed by atoms with Crippen LogP contribution < -0.4 is 30.3 Å². The van der Waals surface area contributed by atoms with E-state index in [1.165, 1.54) is 4.90 Å². The molecule has 2 aromatic carbocycles. The van der Waals surface area contributed by atoms with Gasteiger partial charge in [0.1, 0.15) is 30.9 Å². The highest BCUT2D eigenvalue weighted by atomic mass is 32.1. The van der Waals surface area contributed by atoms with E-state index in [0.29, 0.717) is 54.4 Å². The first-order valence-electron chi connectivity index (χ1n) is 25.7. The number of carbonyl (C=O) groups excluding carboxylic acids is 2. The van der Waals surface area contributed by atoms with Crippen molar-refractivity contribution in [2.45, 2.75) is 83.1 Å². The molecule has 6 aromatic rings. The maximum absolute atomic E-state index is 14.2. The molecule has 6 atom stereocenters. The van der Waals surface area contributed by atoms with E-state index in [1.807, 2.05) is 81.9 Å². The van der Waals surface area contributed by atoms with Crippen LogP contribution in [0.2, 0.25) is 0 Å². The van der Waals surface area contributed by atoms with E-state index in [1.54, 1.807) is 29.5 Å². The first kappa shape index (κ1) is 50.7. The number of phenols is 1. The van der Waals surface area contributed by atoms with E-state index in [9.17, 15) is 19.8 Å². The van der Waals surface area contributed by atoms with Crippen LogP contribution in [0.5, 0.6) is 17.5 Å². The fourth-order valence-electron chi connectivity index (χ4n) is 11.0. The van der Waals surface area contributed by atoms with E-state index in [-0.39, 0.29) is 54.6 Å². The number of aromatic nitrogens is 5. The van der Waals surface area contributed by atoms with Crippen molar-refractivity contribution >= 4 is 40.3 Å². The van der Waals surface area contributed by atoms with Gasteiger partial charge in [0.2, 0.25) is 17.7 Å². The molecule has 0 spiro atoms. The fraction of sp³-hybridized carbons (Fsp3) is 0.463. The number of piperazine rings is 2. The van der Waals surface area contributed by atoms with Crippen LogP contribution in [0.3, 0.4) is 0 Å². The predicted molar refractivity (Wildman–Crippen MR) is 282 cm³/mol. The molecule has 4 aromatic heterocycles. The number of nitrogens with one attached hydrogen (secondary N) is 1. The molecular weight excluding hydrogens is 961 g/mol. The molecule has 2 bridgehead atoms. The summed E-state index contributed by atoms with van der Waals surface area (Å²) in [7, 11) is 0. The Balaban J connectivity index is 0.655. The van der Waals surface area contributed by atoms with Gasteiger partial charge in [-0.25, -0.2) is 9.97 Å². The minimum absolute atomic E-state index is 0.0519. The minimum atomic E-state index is -0.830. The van der Waals surface area contributed by atoms with E-state index < -0.39 is 18.1 Å². The van der Waals surface area contributed by atoms with Gasteiger partial charge in [-0.1, -0.05) is 50.2 Å². The number of aryl methyl sites for hydroxylation is 1. The maximum atomic E-state index is 14.2. The molecule has 0 aliphatic carbocycles. The molecule has 4 fully saturated rings. The van der Waals surface area contributed by atoms with Gasteiger partial charge in [-0.15, -0.1) is 21.5 Å². The molecule has 5 N–H and O–H groups in total.